The van der Waals surface area contributed by atoms with Crippen LogP contribution in [-0.2, 0) is 9.53 Å². The van der Waals surface area contributed by atoms with Gasteiger partial charge in [0.2, 0.25) is 5.91 Å². The second-order valence-electron chi connectivity index (χ2n) is 4.45. The van der Waals surface area contributed by atoms with E-state index in [1.807, 2.05) is 17.0 Å². The average Bonchev–Trinajstić information content (AvgIpc) is 2.38. The second-order valence-corrected chi connectivity index (χ2v) is 4.45. The van der Waals surface area contributed by atoms with Crippen molar-refractivity contribution in [1.29, 1.82) is 0 Å². The molecule has 1 aromatic rings. The number of benzene rings is 1. The molecular weight excluding hydrogens is 248 g/mol. The van der Waals surface area contributed by atoms with Gasteiger partial charge in [0.25, 0.3) is 0 Å². The summed E-state index contributed by atoms with van der Waals surface area (Å²) in [6.45, 7) is 1.73. The van der Waals surface area contributed by atoms with E-state index in [4.69, 9.17) is 15.6 Å². The number of carbonyl (C=O) groups excluding carboxylic acids is 1. The molecule has 1 saturated heterocycles. The monoisotopic (exact) mass is 264 g/mol. The summed E-state index contributed by atoms with van der Waals surface area (Å²) in [4.78, 5) is 23.7. The van der Waals surface area contributed by atoms with Crippen LogP contribution >= 0.6 is 0 Å². The van der Waals surface area contributed by atoms with Crippen molar-refractivity contribution < 1.29 is 19.4 Å². The summed E-state index contributed by atoms with van der Waals surface area (Å²) in [5, 5.41) is 8.77. The minimum Gasteiger partial charge on any atom is -0.481 e. The van der Waals surface area contributed by atoms with Crippen molar-refractivity contribution in [2.75, 3.05) is 24.6 Å². The summed E-state index contributed by atoms with van der Waals surface area (Å²) in [6.07, 6.45) is -0.308. The van der Waals surface area contributed by atoms with Crippen LogP contribution in [0.25, 0.3) is 0 Å². The highest BCUT2D eigenvalue weighted by atomic mass is 16.5. The lowest BCUT2D eigenvalue weighted by molar-refractivity contribution is -0.140. The predicted molar refractivity (Wildman–Crippen MR) is 69.2 cm³/mol. The van der Waals surface area contributed by atoms with Crippen LogP contribution in [-0.4, -0.2) is 42.8 Å². The minimum atomic E-state index is -0.865. The number of aliphatic carboxylic acids is 1. The van der Waals surface area contributed by atoms with E-state index in [1.54, 1.807) is 12.1 Å². The maximum atomic E-state index is 11.0. The highest BCUT2D eigenvalue weighted by molar-refractivity contribution is 5.93. The number of anilines is 1. The third-order valence-corrected chi connectivity index (χ3v) is 3.06. The van der Waals surface area contributed by atoms with E-state index in [2.05, 4.69) is 0 Å². The Labute approximate surface area is 110 Å². The van der Waals surface area contributed by atoms with Crippen molar-refractivity contribution >= 4 is 17.6 Å². The summed E-state index contributed by atoms with van der Waals surface area (Å²) >= 11 is 0. The second kappa shape index (κ2) is 5.71. The van der Waals surface area contributed by atoms with Gasteiger partial charge in [0.15, 0.2) is 0 Å². The molecule has 6 nitrogen and oxygen atoms in total. The molecule has 19 heavy (non-hydrogen) atoms. The standard InChI is InChI=1S/C13H16N2O4/c14-13(18)9-1-3-10(4-2-9)15-5-6-19-11(8-15)7-12(16)17/h1-4,11H,5-8H2,(H2,14,18)(H,16,17). The number of morpholine rings is 1. The third-order valence-electron chi connectivity index (χ3n) is 3.06. The van der Waals surface area contributed by atoms with E-state index in [0.29, 0.717) is 25.3 Å². The van der Waals surface area contributed by atoms with Crippen molar-refractivity contribution in [3.05, 3.63) is 29.8 Å². The molecule has 3 N–H and O–H groups in total. The van der Waals surface area contributed by atoms with E-state index >= 15 is 0 Å². The summed E-state index contributed by atoms with van der Waals surface area (Å²) in [6, 6.07) is 6.95. The number of hydrogen-bond acceptors (Lipinski definition) is 4. The van der Waals surface area contributed by atoms with Gasteiger partial charge in [-0.2, -0.15) is 0 Å². The summed E-state index contributed by atoms with van der Waals surface area (Å²) in [5.41, 5.74) is 6.57. The van der Waals surface area contributed by atoms with Gasteiger partial charge < -0.3 is 20.5 Å². The molecule has 102 valence electrons. The molecule has 1 unspecified atom stereocenters. The summed E-state index contributed by atoms with van der Waals surface area (Å²) < 4.78 is 5.41. The van der Waals surface area contributed by atoms with Crippen LogP contribution in [0.15, 0.2) is 24.3 Å². The lowest BCUT2D eigenvalue weighted by Crippen LogP contribution is -2.43. The van der Waals surface area contributed by atoms with Crippen LogP contribution in [0.1, 0.15) is 16.8 Å². The zero-order valence-corrected chi connectivity index (χ0v) is 10.4. The number of nitrogens with two attached hydrogens (primary N) is 1. The van der Waals surface area contributed by atoms with Crippen molar-refractivity contribution in [3.8, 4) is 0 Å². The maximum absolute atomic E-state index is 11.0. The fraction of sp³-hybridized carbons (Fsp3) is 0.385. The molecule has 6 heteroatoms. The molecule has 0 spiro atoms. The third kappa shape index (κ3) is 3.45. The largest absolute Gasteiger partial charge is 0.481 e. The number of carboxylic acids is 1. The Morgan fingerprint density at radius 1 is 1.37 bits per heavy atom. The lowest BCUT2D eigenvalue weighted by atomic mass is 10.1. The summed E-state index contributed by atoms with van der Waals surface area (Å²) in [5.74, 6) is -1.33. The first-order chi connectivity index (χ1) is 9.06. The van der Waals surface area contributed by atoms with Gasteiger partial charge in [0, 0.05) is 24.3 Å². The molecule has 0 saturated carbocycles. The molecule has 0 bridgehead atoms. The van der Waals surface area contributed by atoms with Crippen molar-refractivity contribution in [1.82, 2.24) is 0 Å². The Morgan fingerprint density at radius 2 is 2.05 bits per heavy atom. The quantitative estimate of drug-likeness (QED) is 0.824. The van der Waals surface area contributed by atoms with Gasteiger partial charge in [0.05, 0.1) is 19.1 Å². The first kappa shape index (κ1) is 13.4. The number of carbonyl (C=O) groups is 2. The Bertz CT molecular complexity index is 472. The molecule has 0 aromatic heterocycles. The molecule has 1 amide bonds. The van der Waals surface area contributed by atoms with Crippen LogP contribution in [0.3, 0.4) is 0 Å². The maximum Gasteiger partial charge on any atom is 0.306 e. The fourth-order valence-corrected chi connectivity index (χ4v) is 2.11. The zero-order chi connectivity index (χ0) is 13.8. The van der Waals surface area contributed by atoms with E-state index in [1.165, 1.54) is 0 Å². The zero-order valence-electron chi connectivity index (χ0n) is 10.4. The normalized spacial score (nSPS) is 19.2. The van der Waals surface area contributed by atoms with Crippen molar-refractivity contribution in [3.63, 3.8) is 0 Å². The van der Waals surface area contributed by atoms with Crippen LogP contribution in [0, 0.1) is 0 Å². The highest BCUT2D eigenvalue weighted by Crippen LogP contribution is 2.19. The number of carboxylic acid groups (broad SMARTS) is 1. The lowest BCUT2D eigenvalue weighted by Gasteiger charge is -2.34. The molecule has 0 aliphatic carbocycles. The first-order valence-electron chi connectivity index (χ1n) is 6.04. The van der Waals surface area contributed by atoms with Gasteiger partial charge >= 0.3 is 5.97 Å². The van der Waals surface area contributed by atoms with Crippen molar-refractivity contribution in [2.24, 2.45) is 5.73 Å². The van der Waals surface area contributed by atoms with Crippen LogP contribution in [0.5, 0.6) is 0 Å². The molecular formula is C13H16N2O4. The Morgan fingerprint density at radius 3 is 2.63 bits per heavy atom. The molecule has 1 heterocycles. The number of hydrogen-bond donors (Lipinski definition) is 2. The molecule has 0 radical (unpaired) electrons. The minimum absolute atomic E-state index is 0.00410. The smallest absolute Gasteiger partial charge is 0.306 e. The van der Waals surface area contributed by atoms with E-state index in [-0.39, 0.29) is 12.5 Å². The first-order valence-corrected chi connectivity index (χ1v) is 6.04. The summed E-state index contributed by atoms with van der Waals surface area (Å²) in [7, 11) is 0. The number of ether oxygens (including phenoxy) is 1. The average molecular weight is 264 g/mol. The Balaban J connectivity index is 2.04. The van der Waals surface area contributed by atoms with Gasteiger partial charge in [-0.1, -0.05) is 0 Å². The van der Waals surface area contributed by atoms with E-state index < -0.39 is 11.9 Å². The number of nitrogens with zero attached hydrogens (tertiary/aromatic N) is 1. The number of amides is 1. The fourth-order valence-electron chi connectivity index (χ4n) is 2.11. The van der Waals surface area contributed by atoms with E-state index in [0.717, 1.165) is 5.69 Å². The van der Waals surface area contributed by atoms with Crippen LogP contribution in [0.4, 0.5) is 5.69 Å². The highest BCUT2D eigenvalue weighted by Gasteiger charge is 2.22. The molecule has 1 aliphatic heterocycles. The molecule has 2 rings (SSSR count). The van der Waals surface area contributed by atoms with Crippen LogP contribution in [0.2, 0.25) is 0 Å². The number of primary amides is 1. The van der Waals surface area contributed by atoms with Crippen molar-refractivity contribution in [2.45, 2.75) is 12.5 Å². The van der Waals surface area contributed by atoms with E-state index in [9.17, 15) is 9.59 Å². The van der Waals surface area contributed by atoms with Gasteiger partial charge in [0.1, 0.15) is 0 Å². The Kier molecular flexibility index (Phi) is 4.01. The number of rotatable bonds is 4. The van der Waals surface area contributed by atoms with Crippen LogP contribution < -0.4 is 10.6 Å². The SMILES string of the molecule is NC(=O)c1ccc(N2CCOC(CC(=O)O)C2)cc1. The molecule has 1 fully saturated rings. The van der Waals surface area contributed by atoms with Gasteiger partial charge in [-0.3, -0.25) is 9.59 Å². The topological polar surface area (TPSA) is 92.9 Å². The van der Waals surface area contributed by atoms with Gasteiger partial charge in [-0.25, -0.2) is 0 Å². The Hall–Kier alpha value is -2.08. The van der Waals surface area contributed by atoms with Gasteiger partial charge in [-0.05, 0) is 24.3 Å². The predicted octanol–water partition coefficient (Wildman–Crippen LogP) is 0.465. The van der Waals surface area contributed by atoms with Gasteiger partial charge in [-0.15, -0.1) is 0 Å². The molecule has 1 aliphatic rings. The molecule has 1 aromatic carbocycles. The molecule has 1 atom stereocenters.